The summed E-state index contributed by atoms with van der Waals surface area (Å²) in [5.41, 5.74) is 6.22. The molecule has 10 nitrogen and oxygen atoms in total. The van der Waals surface area contributed by atoms with E-state index in [9.17, 15) is 18.4 Å². The molecule has 13 heteroatoms. The fourth-order valence-corrected chi connectivity index (χ4v) is 7.41. The molecule has 0 amide bonds. The Bertz CT molecular complexity index is 2170. The molecule has 0 bridgehead atoms. The van der Waals surface area contributed by atoms with E-state index >= 15 is 0 Å². The Kier molecular flexibility index (Phi) is 11.3. The second kappa shape index (κ2) is 15.9. The second-order valence-corrected chi connectivity index (χ2v) is 13.6. The van der Waals surface area contributed by atoms with Crippen molar-refractivity contribution in [3.63, 3.8) is 0 Å². The maximum absolute atomic E-state index is 13.7. The lowest BCUT2D eigenvalue weighted by Gasteiger charge is -2.26. The third-order valence-electron chi connectivity index (χ3n) is 10.1. The van der Waals surface area contributed by atoms with Crippen molar-refractivity contribution in [3.05, 3.63) is 92.5 Å². The lowest BCUT2D eigenvalue weighted by Crippen LogP contribution is -2.44. The van der Waals surface area contributed by atoms with Crippen LogP contribution in [0.4, 0.5) is 20.3 Å². The molecule has 3 N–H and O–H groups in total. The Hall–Kier alpha value is -4.78. The SMILES string of the molecule is CNC1(CCC=O)CCNC1.COc1nc(-c2cccc(-c3cccc(Nc4nc(C(F)F)cc5cnn(C)c(=O)c45)c3C)c2Cl)cc2c1CCC2. The fraction of sp³-hybridized carbons (Fsp3) is 0.359. The largest absolute Gasteiger partial charge is 0.481 e. The van der Waals surface area contributed by atoms with Crippen molar-refractivity contribution in [2.24, 2.45) is 7.05 Å². The van der Waals surface area contributed by atoms with E-state index in [0.29, 0.717) is 23.0 Å². The number of pyridine rings is 2. The van der Waals surface area contributed by atoms with Gasteiger partial charge in [0.2, 0.25) is 5.88 Å². The third-order valence-corrected chi connectivity index (χ3v) is 10.5. The number of carbonyl (C=O) groups is 1. The van der Waals surface area contributed by atoms with Crippen LogP contribution in [0.5, 0.6) is 5.88 Å². The highest BCUT2D eigenvalue weighted by Gasteiger charge is 2.31. The van der Waals surface area contributed by atoms with Crippen LogP contribution < -0.4 is 26.2 Å². The Labute approximate surface area is 306 Å². The van der Waals surface area contributed by atoms with Gasteiger partial charge < -0.3 is 25.5 Å². The predicted molar refractivity (Wildman–Crippen MR) is 201 cm³/mol. The molecular weight excluding hydrogens is 688 g/mol. The van der Waals surface area contributed by atoms with Gasteiger partial charge in [0.05, 0.1) is 29.4 Å². The normalized spacial score (nSPS) is 16.5. The number of nitrogens with zero attached hydrogens (tertiary/aromatic N) is 4. The van der Waals surface area contributed by atoms with Crippen molar-refractivity contribution in [2.45, 2.75) is 57.4 Å². The number of likely N-dealkylation sites (N-methyl/N-ethyl adjacent to an activating group) is 1. The molecule has 5 aromatic rings. The number of nitrogens with one attached hydrogen (secondary N) is 3. The molecule has 7 rings (SSSR count). The Morgan fingerprint density at radius 3 is 2.60 bits per heavy atom. The van der Waals surface area contributed by atoms with Crippen molar-refractivity contribution in [1.29, 1.82) is 0 Å². The summed E-state index contributed by atoms with van der Waals surface area (Å²) in [6, 6.07) is 14.6. The van der Waals surface area contributed by atoms with Crippen molar-refractivity contribution in [1.82, 2.24) is 30.4 Å². The first-order chi connectivity index (χ1) is 25.1. The summed E-state index contributed by atoms with van der Waals surface area (Å²) in [4.78, 5) is 32.0. The van der Waals surface area contributed by atoms with Gasteiger partial charge >= 0.3 is 0 Å². The van der Waals surface area contributed by atoms with Gasteiger partial charge in [-0.05, 0) is 87.5 Å². The molecule has 0 saturated carbocycles. The minimum Gasteiger partial charge on any atom is -0.481 e. The summed E-state index contributed by atoms with van der Waals surface area (Å²) in [6.07, 6.45) is 5.31. The van der Waals surface area contributed by atoms with Crippen molar-refractivity contribution in [2.75, 3.05) is 32.6 Å². The molecule has 1 aliphatic heterocycles. The minimum absolute atomic E-state index is 0.0373. The number of methoxy groups -OCH3 is 1. The number of anilines is 2. The Morgan fingerprint density at radius 2 is 1.88 bits per heavy atom. The van der Waals surface area contributed by atoms with Crippen LogP contribution >= 0.6 is 11.6 Å². The van der Waals surface area contributed by atoms with E-state index in [4.69, 9.17) is 21.3 Å². The third kappa shape index (κ3) is 7.41. The topological polar surface area (TPSA) is 123 Å². The first-order valence-electron chi connectivity index (χ1n) is 17.3. The summed E-state index contributed by atoms with van der Waals surface area (Å²) in [7, 11) is 5.10. The Balaban J connectivity index is 0.000000362. The highest BCUT2D eigenvalue weighted by atomic mass is 35.5. The van der Waals surface area contributed by atoms with E-state index in [1.165, 1.54) is 24.9 Å². The molecule has 1 fully saturated rings. The first-order valence-corrected chi connectivity index (χ1v) is 17.7. The number of carbonyl (C=O) groups excluding carboxylic acids is 1. The van der Waals surface area contributed by atoms with E-state index < -0.39 is 17.7 Å². The van der Waals surface area contributed by atoms with Crippen LogP contribution in [-0.4, -0.2) is 58.8 Å². The van der Waals surface area contributed by atoms with E-state index in [1.54, 1.807) is 13.2 Å². The zero-order valence-corrected chi connectivity index (χ0v) is 30.4. The molecule has 1 aliphatic carbocycles. The molecule has 1 atom stereocenters. The maximum atomic E-state index is 13.7. The molecule has 52 heavy (non-hydrogen) atoms. The summed E-state index contributed by atoms with van der Waals surface area (Å²) in [5.74, 6) is 0.668. The maximum Gasteiger partial charge on any atom is 0.280 e. The lowest BCUT2D eigenvalue weighted by molar-refractivity contribution is -0.108. The van der Waals surface area contributed by atoms with Gasteiger partial charge in [-0.15, -0.1) is 0 Å². The monoisotopic (exact) mass is 729 g/mol. The number of aryl methyl sites for hydroxylation is 2. The van der Waals surface area contributed by atoms with E-state index in [2.05, 4.69) is 32.1 Å². The van der Waals surface area contributed by atoms with Gasteiger partial charge in [0.25, 0.3) is 12.0 Å². The van der Waals surface area contributed by atoms with Crippen LogP contribution in [0.3, 0.4) is 0 Å². The molecule has 0 radical (unpaired) electrons. The van der Waals surface area contributed by atoms with Crippen molar-refractivity contribution < 1.29 is 18.3 Å². The number of fused-ring (bicyclic) bond motifs is 2. The van der Waals surface area contributed by atoms with Gasteiger partial charge in [-0.1, -0.05) is 41.9 Å². The lowest BCUT2D eigenvalue weighted by atomic mass is 9.93. The average molecular weight is 730 g/mol. The zero-order valence-electron chi connectivity index (χ0n) is 29.7. The van der Waals surface area contributed by atoms with Crippen LogP contribution in [0.15, 0.2) is 59.5 Å². The summed E-state index contributed by atoms with van der Waals surface area (Å²) in [5, 5.41) is 14.7. The van der Waals surface area contributed by atoms with Crippen LogP contribution in [0.25, 0.3) is 33.2 Å². The average Bonchev–Trinajstić information content (AvgIpc) is 3.84. The minimum atomic E-state index is -2.82. The second-order valence-electron chi connectivity index (χ2n) is 13.2. The first kappa shape index (κ1) is 37.0. The summed E-state index contributed by atoms with van der Waals surface area (Å²) < 4.78 is 34.1. The molecule has 2 aromatic carbocycles. The molecule has 3 aromatic heterocycles. The highest BCUT2D eigenvalue weighted by Crippen LogP contribution is 2.41. The van der Waals surface area contributed by atoms with Crippen LogP contribution in [0.1, 0.15) is 54.5 Å². The number of hydrogen-bond donors (Lipinski definition) is 3. The standard InChI is InChI=1S/C31H26ClF2N5O2.C8H16N2O/c1-16-19(21-10-5-11-22(27(21)32)24-13-17-7-4-9-20(17)30(38-24)41-3)8-6-12-23(16)36-29-26-18(14-25(37-29)28(33)34)15-35-39(2)31(26)40;1-9-8(3-2-6-11)4-5-10-7-8/h5-6,8,10-15,28H,4,7,9H2,1-3H3,(H,36,37);6,9-10H,2-5,7H2,1H3. The summed E-state index contributed by atoms with van der Waals surface area (Å²) >= 11 is 7.03. The quantitative estimate of drug-likeness (QED) is 0.129. The van der Waals surface area contributed by atoms with Gasteiger partial charge in [0, 0.05) is 53.3 Å². The highest BCUT2D eigenvalue weighted by molar-refractivity contribution is 6.36. The van der Waals surface area contributed by atoms with Crippen LogP contribution in [-0.2, 0) is 24.7 Å². The van der Waals surface area contributed by atoms with E-state index in [-0.39, 0.29) is 22.1 Å². The number of hydrogen-bond acceptors (Lipinski definition) is 9. The number of aromatic nitrogens is 4. The molecule has 0 spiro atoms. The zero-order chi connectivity index (χ0) is 37.0. The van der Waals surface area contributed by atoms with Crippen LogP contribution in [0.2, 0.25) is 5.02 Å². The predicted octanol–water partition coefficient (Wildman–Crippen LogP) is 7.11. The molecule has 1 saturated heterocycles. The number of ether oxygens (including phenoxy) is 1. The smallest absolute Gasteiger partial charge is 0.280 e. The van der Waals surface area contributed by atoms with E-state index in [0.717, 1.165) is 89.7 Å². The Morgan fingerprint density at radius 1 is 1.12 bits per heavy atom. The number of benzene rings is 2. The molecule has 1 unspecified atom stereocenters. The number of rotatable bonds is 10. The molecular formula is C39H42ClF2N7O3. The van der Waals surface area contributed by atoms with Crippen molar-refractivity contribution >= 4 is 40.2 Å². The molecule has 272 valence electrons. The molecule has 4 heterocycles. The van der Waals surface area contributed by atoms with Crippen LogP contribution in [0, 0.1) is 6.92 Å². The van der Waals surface area contributed by atoms with Gasteiger partial charge in [-0.25, -0.2) is 23.4 Å². The number of halogens is 3. The molecule has 2 aliphatic rings. The van der Waals surface area contributed by atoms with Gasteiger partial charge in [0.15, 0.2) is 0 Å². The van der Waals surface area contributed by atoms with Gasteiger partial charge in [-0.2, -0.15) is 5.10 Å². The summed E-state index contributed by atoms with van der Waals surface area (Å²) in [6.45, 7) is 3.97. The van der Waals surface area contributed by atoms with Crippen molar-refractivity contribution in [3.8, 4) is 28.3 Å². The number of aldehydes is 1. The van der Waals surface area contributed by atoms with E-state index in [1.807, 2.05) is 44.3 Å². The number of alkyl halides is 2. The van der Waals surface area contributed by atoms with Gasteiger partial charge in [0.1, 0.15) is 17.8 Å². The fourth-order valence-electron chi connectivity index (χ4n) is 7.09. The van der Waals surface area contributed by atoms with Gasteiger partial charge in [-0.3, -0.25) is 4.79 Å².